The number of sulfonamides is 1. The van der Waals surface area contributed by atoms with E-state index in [0.717, 1.165) is 11.6 Å². The van der Waals surface area contributed by atoms with Crippen LogP contribution in [0.15, 0.2) is 71.6 Å². The molecule has 1 amide bonds. The second-order valence-corrected chi connectivity index (χ2v) is 8.46. The van der Waals surface area contributed by atoms with Crippen LogP contribution >= 0.6 is 11.6 Å². The van der Waals surface area contributed by atoms with Gasteiger partial charge in [0.05, 0.1) is 20.4 Å². The van der Waals surface area contributed by atoms with Crippen molar-refractivity contribution in [3.05, 3.63) is 93.0 Å². The van der Waals surface area contributed by atoms with Crippen molar-refractivity contribution in [2.24, 2.45) is 0 Å². The van der Waals surface area contributed by atoms with E-state index in [-0.39, 0.29) is 21.2 Å². The molecule has 0 saturated carbocycles. The minimum Gasteiger partial charge on any atom is -0.322 e. The predicted octanol–water partition coefficient (Wildman–Crippen LogP) is 4.61. The highest BCUT2D eigenvalue weighted by molar-refractivity contribution is 7.92. The second-order valence-electron chi connectivity index (χ2n) is 6.37. The van der Waals surface area contributed by atoms with Crippen molar-refractivity contribution < 1.29 is 18.1 Å². The van der Waals surface area contributed by atoms with Crippen LogP contribution in [0, 0.1) is 17.0 Å². The van der Waals surface area contributed by atoms with E-state index in [1.807, 2.05) is 6.92 Å². The molecule has 8 nitrogen and oxygen atoms in total. The minimum atomic E-state index is -3.75. The first kappa shape index (κ1) is 21.3. The fourth-order valence-corrected chi connectivity index (χ4v) is 3.81. The van der Waals surface area contributed by atoms with Gasteiger partial charge >= 0.3 is 0 Å². The molecule has 154 valence electrons. The number of nitrogens with one attached hydrogen (secondary N) is 2. The molecule has 0 aromatic heterocycles. The number of carbonyl (C=O) groups excluding carboxylic acids is 1. The number of benzene rings is 3. The zero-order valence-corrected chi connectivity index (χ0v) is 17.2. The van der Waals surface area contributed by atoms with Crippen LogP contribution in [0.25, 0.3) is 0 Å². The van der Waals surface area contributed by atoms with Gasteiger partial charge in [-0.05, 0) is 49.4 Å². The molecule has 0 fully saturated rings. The Morgan fingerprint density at radius 3 is 2.17 bits per heavy atom. The fourth-order valence-electron chi connectivity index (χ4n) is 2.55. The molecule has 0 radical (unpaired) electrons. The normalized spacial score (nSPS) is 11.0. The molecule has 30 heavy (non-hydrogen) atoms. The summed E-state index contributed by atoms with van der Waals surface area (Å²) in [5.74, 6) is -0.628. The van der Waals surface area contributed by atoms with Gasteiger partial charge in [0.15, 0.2) is 0 Å². The molecule has 0 spiro atoms. The standard InChI is InChI=1S/C20H16ClN3O5S/c1-13-2-9-17(10-3-13)30(28,29)23-15-6-4-14(5-7-15)22-20(25)18-12-16(24(26)27)8-11-19(18)21/h2-12,23H,1H3,(H,22,25). The van der Waals surface area contributed by atoms with Gasteiger partial charge in [-0.2, -0.15) is 0 Å². The van der Waals surface area contributed by atoms with Crippen molar-refractivity contribution in [3.63, 3.8) is 0 Å². The SMILES string of the molecule is Cc1ccc(S(=O)(=O)Nc2ccc(NC(=O)c3cc([N+](=O)[O-])ccc3Cl)cc2)cc1. The maximum absolute atomic E-state index is 12.4. The van der Waals surface area contributed by atoms with Gasteiger partial charge < -0.3 is 5.32 Å². The van der Waals surface area contributed by atoms with E-state index >= 15 is 0 Å². The van der Waals surface area contributed by atoms with Gasteiger partial charge in [-0.15, -0.1) is 0 Å². The Hall–Kier alpha value is -3.43. The lowest BCUT2D eigenvalue weighted by Gasteiger charge is -2.10. The predicted molar refractivity (Wildman–Crippen MR) is 114 cm³/mol. The van der Waals surface area contributed by atoms with E-state index in [9.17, 15) is 23.3 Å². The van der Waals surface area contributed by atoms with Gasteiger partial charge in [0.25, 0.3) is 21.6 Å². The number of amides is 1. The first-order chi connectivity index (χ1) is 14.2. The van der Waals surface area contributed by atoms with E-state index < -0.39 is 20.9 Å². The summed E-state index contributed by atoms with van der Waals surface area (Å²) in [7, 11) is -3.75. The van der Waals surface area contributed by atoms with Crippen LogP contribution in [0.2, 0.25) is 5.02 Å². The summed E-state index contributed by atoms with van der Waals surface area (Å²) in [6.45, 7) is 1.86. The Morgan fingerprint density at radius 2 is 1.57 bits per heavy atom. The van der Waals surface area contributed by atoms with Crippen molar-refractivity contribution in [1.82, 2.24) is 0 Å². The van der Waals surface area contributed by atoms with Crippen molar-refractivity contribution in [2.75, 3.05) is 10.0 Å². The number of non-ortho nitro benzene ring substituents is 1. The highest BCUT2D eigenvalue weighted by Gasteiger charge is 2.17. The summed E-state index contributed by atoms with van der Waals surface area (Å²) < 4.78 is 27.3. The Labute approximate surface area is 177 Å². The summed E-state index contributed by atoms with van der Waals surface area (Å²) in [6, 6.07) is 15.9. The maximum atomic E-state index is 12.4. The highest BCUT2D eigenvalue weighted by atomic mass is 35.5. The smallest absolute Gasteiger partial charge is 0.270 e. The molecule has 0 saturated heterocycles. The zero-order valence-electron chi connectivity index (χ0n) is 15.6. The van der Waals surface area contributed by atoms with Crippen molar-refractivity contribution >= 4 is 44.6 Å². The summed E-state index contributed by atoms with van der Waals surface area (Å²) in [4.78, 5) is 22.8. The molecule has 0 atom stereocenters. The molecule has 3 rings (SSSR count). The third-order valence-corrected chi connectivity index (χ3v) is 5.86. The molecule has 0 bridgehead atoms. The van der Waals surface area contributed by atoms with Gasteiger partial charge in [0.1, 0.15) is 0 Å². The van der Waals surface area contributed by atoms with E-state index in [0.29, 0.717) is 11.4 Å². The summed E-state index contributed by atoms with van der Waals surface area (Å²) in [5.41, 5.74) is 1.31. The number of hydrogen-bond donors (Lipinski definition) is 2. The maximum Gasteiger partial charge on any atom is 0.270 e. The molecule has 0 aliphatic heterocycles. The first-order valence-electron chi connectivity index (χ1n) is 8.60. The largest absolute Gasteiger partial charge is 0.322 e. The third kappa shape index (κ3) is 4.94. The first-order valence-corrected chi connectivity index (χ1v) is 10.5. The second kappa shape index (κ2) is 8.52. The number of halogens is 1. The van der Waals surface area contributed by atoms with Crippen LogP contribution in [0.3, 0.4) is 0 Å². The van der Waals surface area contributed by atoms with Crippen molar-refractivity contribution in [3.8, 4) is 0 Å². The Balaban J connectivity index is 1.73. The number of nitro benzene ring substituents is 1. The molecule has 0 heterocycles. The monoisotopic (exact) mass is 445 g/mol. The van der Waals surface area contributed by atoms with Crippen LogP contribution in [-0.2, 0) is 10.0 Å². The quantitative estimate of drug-likeness (QED) is 0.424. The zero-order chi connectivity index (χ0) is 21.9. The number of nitrogens with zero attached hydrogens (tertiary/aromatic N) is 1. The average Bonchev–Trinajstić information content (AvgIpc) is 2.69. The summed E-state index contributed by atoms with van der Waals surface area (Å²) in [5, 5.41) is 13.5. The number of carbonyl (C=O) groups is 1. The molecule has 3 aromatic rings. The van der Waals surface area contributed by atoms with Gasteiger partial charge in [0, 0.05) is 23.5 Å². The van der Waals surface area contributed by atoms with Crippen LogP contribution in [-0.4, -0.2) is 19.2 Å². The number of hydrogen-bond acceptors (Lipinski definition) is 5. The van der Waals surface area contributed by atoms with Crippen molar-refractivity contribution in [2.45, 2.75) is 11.8 Å². The molecule has 3 aromatic carbocycles. The van der Waals surface area contributed by atoms with Gasteiger partial charge in [0.2, 0.25) is 0 Å². The van der Waals surface area contributed by atoms with Crippen molar-refractivity contribution in [1.29, 1.82) is 0 Å². The molecule has 2 N–H and O–H groups in total. The number of nitro groups is 1. The Kier molecular flexibility index (Phi) is 6.04. The fraction of sp³-hybridized carbons (Fsp3) is 0.0500. The average molecular weight is 446 g/mol. The van der Waals surface area contributed by atoms with Gasteiger partial charge in [-0.25, -0.2) is 8.42 Å². The molecular formula is C20H16ClN3O5S. The highest BCUT2D eigenvalue weighted by Crippen LogP contribution is 2.24. The summed E-state index contributed by atoms with van der Waals surface area (Å²) in [6.07, 6.45) is 0. The van der Waals surface area contributed by atoms with Crippen LogP contribution in [0.5, 0.6) is 0 Å². The van der Waals surface area contributed by atoms with Gasteiger partial charge in [-0.1, -0.05) is 29.3 Å². The van der Waals surface area contributed by atoms with E-state index in [2.05, 4.69) is 10.0 Å². The number of anilines is 2. The molecule has 0 aliphatic rings. The number of rotatable bonds is 6. The third-order valence-electron chi connectivity index (χ3n) is 4.13. The Bertz CT molecular complexity index is 1210. The van der Waals surface area contributed by atoms with Crippen LogP contribution in [0.4, 0.5) is 17.1 Å². The molecule has 0 unspecified atom stereocenters. The topological polar surface area (TPSA) is 118 Å². The molecule has 10 heteroatoms. The number of aryl methyl sites for hydroxylation is 1. The van der Waals surface area contributed by atoms with Gasteiger partial charge in [-0.3, -0.25) is 19.6 Å². The van der Waals surface area contributed by atoms with E-state index in [1.165, 1.54) is 48.5 Å². The van der Waals surface area contributed by atoms with Crippen LogP contribution in [0.1, 0.15) is 15.9 Å². The lowest BCUT2D eigenvalue weighted by Crippen LogP contribution is -2.14. The minimum absolute atomic E-state index is 0.0463. The Morgan fingerprint density at radius 1 is 0.967 bits per heavy atom. The lowest BCUT2D eigenvalue weighted by molar-refractivity contribution is -0.384. The molecular weight excluding hydrogens is 430 g/mol. The van der Waals surface area contributed by atoms with E-state index in [4.69, 9.17) is 11.6 Å². The van der Waals surface area contributed by atoms with Crippen LogP contribution < -0.4 is 10.0 Å². The van der Waals surface area contributed by atoms with E-state index in [1.54, 1.807) is 12.1 Å². The molecule has 0 aliphatic carbocycles. The summed E-state index contributed by atoms with van der Waals surface area (Å²) >= 11 is 5.97. The lowest BCUT2D eigenvalue weighted by atomic mass is 10.2.